The number of guanidine groups is 1. The van der Waals surface area contributed by atoms with Gasteiger partial charge in [-0.05, 0) is 37.8 Å². The van der Waals surface area contributed by atoms with E-state index < -0.39 is 0 Å². The summed E-state index contributed by atoms with van der Waals surface area (Å²) in [6.07, 6.45) is 4.10. The quantitative estimate of drug-likeness (QED) is 0.422. The van der Waals surface area contributed by atoms with Crippen molar-refractivity contribution in [3.8, 4) is 0 Å². The first-order chi connectivity index (χ1) is 10.7. The first-order valence-electron chi connectivity index (χ1n) is 8.10. The molecule has 128 valence electrons. The summed E-state index contributed by atoms with van der Waals surface area (Å²) in [6, 6.07) is 4.72. The lowest BCUT2D eigenvalue weighted by atomic mass is 10.3. The zero-order valence-electron chi connectivity index (χ0n) is 13.6. The molecule has 1 aliphatic heterocycles. The van der Waals surface area contributed by atoms with Crippen molar-refractivity contribution in [1.29, 1.82) is 0 Å². The average Bonchev–Trinajstić information content (AvgIpc) is 2.99. The lowest BCUT2D eigenvalue weighted by Gasteiger charge is -2.20. The van der Waals surface area contributed by atoms with E-state index in [1.165, 1.54) is 6.42 Å². The molecule has 2 N–H and O–H groups in total. The van der Waals surface area contributed by atoms with Crippen LogP contribution in [0.15, 0.2) is 23.3 Å². The van der Waals surface area contributed by atoms with Gasteiger partial charge in [-0.3, -0.25) is 4.99 Å². The Kier molecular flexibility index (Phi) is 6.76. The van der Waals surface area contributed by atoms with E-state index >= 15 is 0 Å². The van der Waals surface area contributed by atoms with Crippen LogP contribution in [0, 0.1) is 5.92 Å². The Bertz CT molecular complexity index is 553. The number of hydrogen-bond donors (Lipinski definition) is 2. The van der Waals surface area contributed by atoms with Gasteiger partial charge in [-0.2, -0.15) is 0 Å². The number of anilines is 1. The number of nitrogens with one attached hydrogen (secondary N) is 2. The van der Waals surface area contributed by atoms with Crippen molar-refractivity contribution in [2.75, 3.05) is 24.5 Å². The number of pyridine rings is 1. The van der Waals surface area contributed by atoms with E-state index in [-0.39, 0.29) is 24.0 Å². The molecule has 2 fully saturated rings. The van der Waals surface area contributed by atoms with Gasteiger partial charge in [0.15, 0.2) is 5.96 Å². The van der Waals surface area contributed by atoms with Gasteiger partial charge in [-0.1, -0.05) is 18.5 Å². The molecule has 3 unspecified atom stereocenters. The van der Waals surface area contributed by atoms with Crippen LogP contribution >= 0.6 is 35.6 Å². The van der Waals surface area contributed by atoms with Gasteiger partial charge in [0.2, 0.25) is 0 Å². The van der Waals surface area contributed by atoms with Crippen molar-refractivity contribution in [2.24, 2.45) is 10.9 Å². The highest BCUT2D eigenvalue weighted by molar-refractivity contribution is 14.0. The van der Waals surface area contributed by atoms with Crippen molar-refractivity contribution in [3.63, 3.8) is 0 Å². The summed E-state index contributed by atoms with van der Waals surface area (Å²) in [5.41, 5.74) is 0. The maximum atomic E-state index is 6.24. The summed E-state index contributed by atoms with van der Waals surface area (Å²) in [4.78, 5) is 11.2. The average molecular weight is 450 g/mol. The summed E-state index contributed by atoms with van der Waals surface area (Å²) < 4.78 is 0. The fourth-order valence-corrected chi connectivity index (χ4v) is 3.10. The van der Waals surface area contributed by atoms with Crippen LogP contribution in [0.25, 0.3) is 0 Å². The van der Waals surface area contributed by atoms with E-state index in [4.69, 9.17) is 11.6 Å². The molecule has 0 spiro atoms. The Morgan fingerprint density at radius 1 is 1.48 bits per heavy atom. The standard InChI is InChI=1S/C16H24ClN5.HI/c1-3-18-16(21-14-9-11(14)2)20-12-6-8-22(10-12)15-13(17)5-4-7-19-15;/h4-5,7,11-12,14H,3,6,8-10H2,1-2H3,(H2,18,20,21);1H. The molecule has 7 heteroatoms. The zero-order valence-corrected chi connectivity index (χ0v) is 16.7. The molecule has 1 saturated heterocycles. The maximum absolute atomic E-state index is 6.24. The number of aliphatic imine (C=N–C) groups is 1. The van der Waals surface area contributed by atoms with Crippen molar-refractivity contribution < 1.29 is 0 Å². The molecular formula is C16H25ClIN5. The lowest BCUT2D eigenvalue weighted by Crippen LogP contribution is -2.45. The Morgan fingerprint density at radius 2 is 2.26 bits per heavy atom. The fourth-order valence-electron chi connectivity index (χ4n) is 2.86. The molecule has 0 aromatic carbocycles. The van der Waals surface area contributed by atoms with E-state index in [0.29, 0.717) is 12.1 Å². The highest BCUT2D eigenvalue weighted by Crippen LogP contribution is 2.29. The third kappa shape index (κ3) is 4.86. The summed E-state index contributed by atoms with van der Waals surface area (Å²) in [5.74, 6) is 2.58. The second kappa shape index (κ2) is 8.37. The van der Waals surface area contributed by atoms with E-state index in [1.807, 2.05) is 12.1 Å². The van der Waals surface area contributed by atoms with Crippen LogP contribution in [0.2, 0.25) is 5.02 Å². The largest absolute Gasteiger partial charge is 0.353 e. The van der Waals surface area contributed by atoms with Crippen molar-refractivity contribution in [1.82, 2.24) is 15.6 Å². The second-order valence-corrected chi connectivity index (χ2v) is 6.58. The van der Waals surface area contributed by atoms with E-state index in [2.05, 4.69) is 39.4 Å². The molecule has 0 bridgehead atoms. The normalized spacial score (nSPS) is 26.7. The first kappa shape index (κ1) is 18.6. The van der Waals surface area contributed by atoms with Gasteiger partial charge >= 0.3 is 0 Å². The summed E-state index contributed by atoms with van der Waals surface area (Å²) in [6.45, 7) is 6.99. The highest BCUT2D eigenvalue weighted by Gasteiger charge is 2.34. The Hall–Kier alpha value is -0.760. The number of hydrogen-bond acceptors (Lipinski definition) is 3. The van der Waals surface area contributed by atoms with Crippen molar-refractivity contribution >= 4 is 47.4 Å². The van der Waals surface area contributed by atoms with E-state index in [1.54, 1.807) is 6.20 Å². The zero-order chi connectivity index (χ0) is 15.5. The molecule has 0 radical (unpaired) electrons. The number of nitrogens with zero attached hydrogens (tertiary/aromatic N) is 3. The summed E-state index contributed by atoms with van der Waals surface area (Å²) >= 11 is 6.24. The molecule has 2 heterocycles. The smallest absolute Gasteiger partial charge is 0.191 e. The molecule has 23 heavy (non-hydrogen) atoms. The molecule has 5 nitrogen and oxygen atoms in total. The molecular weight excluding hydrogens is 425 g/mol. The van der Waals surface area contributed by atoms with Crippen LogP contribution in [-0.2, 0) is 0 Å². The molecule has 1 saturated carbocycles. The predicted octanol–water partition coefficient (Wildman–Crippen LogP) is 2.90. The fraction of sp³-hybridized carbons (Fsp3) is 0.625. The third-order valence-electron chi connectivity index (χ3n) is 4.32. The predicted molar refractivity (Wildman–Crippen MR) is 107 cm³/mol. The van der Waals surface area contributed by atoms with Crippen LogP contribution in [0.4, 0.5) is 5.82 Å². The van der Waals surface area contributed by atoms with Crippen LogP contribution < -0.4 is 15.5 Å². The van der Waals surface area contributed by atoms with Gasteiger partial charge in [-0.15, -0.1) is 24.0 Å². The number of aromatic nitrogens is 1. The molecule has 2 aliphatic rings. The Morgan fingerprint density at radius 3 is 2.91 bits per heavy atom. The van der Waals surface area contributed by atoms with E-state index in [9.17, 15) is 0 Å². The highest BCUT2D eigenvalue weighted by atomic mass is 127. The van der Waals surface area contributed by atoms with Crippen LogP contribution in [0.3, 0.4) is 0 Å². The third-order valence-corrected chi connectivity index (χ3v) is 4.61. The number of rotatable bonds is 4. The molecule has 3 rings (SSSR count). The molecule has 3 atom stereocenters. The monoisotopic (exact) mass is 449 g/mol. The van der Waals surface area contributed by atoms with Crippen LogP contribution in [-0.4, -0.2) is 42.7 Å². The molecule has 1 aromatic rings. The topological polar surface area (TPSA) is 52.6 Å². The van der Waals surface area contributed by atoms with Crippen molar-refractivity contribution in [2.45, 2.75) is 38.8 Å². The minimum Gasteiger partial charge on any atom is -0.353 e. The van der Waals surface area contributed by atoms with Gasteiger partial charge in [0, 0.05) is 37.9 Å². The Balaban J connectivity index is 0.00000192. The minimum atomic E-state index is 0. The maximum Gasteiger partial charge on any atom is 0.191 e. The minimum absolute atomic E-state index is 0. The van der Waals surface area contributed by atoms with Gasteiger partial charge in [0.05, 0.1) is 5.02 Å². The van der Waals surface area contributed by atoms with Gasteiger partial charge in [0.25, 0.3) is 0 Å². The first-order valence-corrected chi connectivity index (χ1v) is 8.48. The summed E-state index contributed by atoms with van der Waals surface area (Å²) in [7, 11) is 0. The molecule has 1 aromatic heterocycles. The van der Waals surface area contributed by atoms with Crippen molar-refractivity contribution in [3.05, 3.63) is 23.4 Å². The van der Waals surface area contributed by atoms with Gasteiger partial charge in [-0.25, -0.2) is 4.98 Å². The summed E-state index contributed by atoms with van der Waals surface area (Å²) in [5, 5.41) is 7.79. The van der Waals surface area contributed by atoms with E-state index in [0.717, 1.165) is 48.8 Å². The Labute approximate surface area is 160 Å². The second-order valence-electron chi connectivity index (χ2n) is 6.17. The van der Waals surface area contributed by atoms with Crippen LogP contribution in [0.5, 0.6) is 0 Å². The van der Waals surface area contributed by atoms with Crippen LogP contribution in [0.1, 0.15) is 26.7 Å². The SMILES string of the molecule is CCN=C(NC1CCN(c2ncccc2Cl)C1)NC1CC1C.I. The number of halogens is 2. The lowest BCUT2D eigenvalue weighted by molar-refractivity contribution is 0.641. The molecule has 1 aliphatic carbocycles. The van der Waals surface area contributed by atoms with Gasteiger partial charge < -0.3 is 15.5 Å². The molecule has 0 amide bonds. The van der Waals surface area contributed by atoms with Gasteiger partial charge in [0.1, 0.15) is 5.82 Å².